The Morgan fingerprint density at radius 2 is 1.77 bits per heavy atom. The van der Waals surface area contributed by atoms with Gasteiger partial charge in [-0.15, -0.1) is 0 Å². The summed E-state index contributed by atoms with van der Waals surface area (Å²) in [6, 6.07) is 6.45. The zero-order valence-electron chi connectivity index (χ0n) is 19.1. The van der Waals surface area contributed by atoms with E-state index in [1.165, 1.54) is 0 Å². The number of hydrogen-bond donors (Lipinski definition) is 6. The van der Waals surface area contributed by atoms with Crippen LogP contribution in [0.25, 0.3) is 0 Å². The van der Waals surface area contributed by atoms with E-state index < -0.39 is 6.04 Å². The van der Waals surface area contributed by atoms with Crippen molar-refractivity contribution >= 4 is 11.8 Å². The van der Waals surface area contributed by atoms with Crippen LogP contribution in [0.15, 0.2) is 24.3 Å². The topological polar surface area (TPSA) is 129 Å². The summed E-state index contributed by atoms with van der Waals surface area (Å²) in [6.07, 6.45) is 4.31. The summed E-state index contributed by atoms with van der Waals surface area (Å²) in [6.45, 7) is 8.09. The van der Waals surface area contributed by atoms with E-state index in [9.17, 15) is 14.7 Å². The molecule has 0 aromatic heterocycles. The van der Waals surface area contributed by atoms with E-state index in [4.69, 9.17) is 5.73 Å². The average molecular weight is 436 g/mol. The smallest absolute Gasteiger partial charge is 0.242 e. The zero-order valence-corrected chi connectivity index (χ0v) is 19.1. The van der Waals surface area contributed by atoms with Gasteiger partial charge in [-0.25, -0.2) is 0 Å². The highest BCUT2D eigenvalue weighted by molar-refractivity contribution is 5.87. The lowest BCUT2D eigenvalue weighted by Gasteiger charge is -2.19. The van der Waals surface area contributed by atoms with Crippen molar-refractivity contribution in [1.82, 2.24) is 21.3 Å². The van der Waals surface area contributed by atoms with E-state index in [1.807, 2.05) is 6.92 Å². The number of phenolic OH excluding ortho intramolecular Hbond substituents is 1. The number of unbranched alkanes of at least 4 members (excludes halogenated alkanes) is 1. The molecule has 2 amide bonds. The second-order valence-electron chi connectivity index (χ2n) is 7.94. The minimum absolute atomic E-state index is 0.125. The van der Waals surface area contributed by atoms with Gasteiger partial charge in [-0.05, 0) is 69.9 Å². The summed E-state index contributed by atoms with van der Waals surface area (Å²) in [5.41, 5.74) is 6.36. The van der Waals surface area contributed by atoms with Gasteiger partial charge in [0.2, 0.25) is 11.8 Å². The monoisotopic (exact) mass is 435 g/mol. The quantitative estimate of drug-likeness (QED) is 0.203. The molecule has 31 heavy (non-hydrogen) atoms. The number of carbonyl (C=O) groups is 2. The highest BCUT2D eigenvalue weighted by atomic mass is 16.3. The molecule has 2 atom stereocenters. The molecule has 0 fully saturated rings. The Labute approximate surface area is 186 Å². The molecule has 8 nitrogen and oxygen atoms in total. The maximum Gasteiger partial charge on any atom is 0.242 e. The van der Waals surface area contributed by atoms with Crippen LogP contribution in [0.4, 0.5) is 0 Å². The molecule has 0 aliphatic carbocycles. The number of nitrogens with two attached hydrogens (primary N) is 1. The lowest BCUT2D eigenvalue weighted by atomic mass is 10.0. The van der Waals surface area contributed by atoms with Gasteiger partial charge >= 0.3 is 0 Å². The number of benzene rings is 1. The predicted octanol–water partition coefficient (Wildman–Crippen LogP) is 1.03. The largest absolute Gasteiger partial charge is 0.508 e. The molecular weight excluding hydrogens is 394 g/mol. The van der Waals surface area contributed by atoms with Crippen LogP contribution in [-0.4, -0.2) is 61.7 Å². The Balaban J connectivity index is 2.34. The van der Waals surface area contributed by atoms with Crippen LogP contribution >= 0.6 is 0 Å². The lowest BCUT2D eigenvalue weighted by Crippen LogP contribution is -2.48. The van der Waals surface area contributed by atoms with Crippen molar-refractivity contribution in [3.63, 3.8) is 0 Å². The molecular formula is C23H41N5O3. The molecule has 7 N–H and O–H groups in total. The van der Waals surface area contributed by atoms with E-state index in [1.54, 1.807) is 24.3 Å². The third kappa shape index (κ3) is 13.0. The van der Waals surface area contributed by atoms with Gasteiger partial charge in [0.1, 0.15) is 11.8 Å². The fourth-order valence-corrected chi connectivity index (χ4v) is 3.12. The number of aromatic hydroxyl groups is 1. The maximum absolute atomic E-state index is 12.7. The standard InChI is InChI=1S/C23H41N5O3/c1-3-7-22(30)28-21(16-19-8-10-20(29)11-9-19)23(31)27-15-5-4-14-26-18(2)17-25-13-6-12-24/h8-11,18,21,25-26,29H,3-7,12-17,24H2,1-2H3,(H,27,31)(H,28,30)/t18-,21-/m0/s1. The summed E-state index contributed by atoms with van der Waals surface area (Å²) in [5, 5.41) is 22.0. The Bertz CT molecular complexity index is 624. The van der Waals surface area contributed by atoms with Gasteiger partial charge in [-0.1, -0.05) is 19.1 Å². The van der Waals surface area contributed by atoms with E-state index in [2.05, 4.69) is 28.2 Å². The Kier molecular flexibility index (Phi) is 14.3. The van der Waals surface area contributed by atoms with E-state index >= 15 is 0 Å². The number of phenols is 1. The van der Waals surface area contributed by atoms with Gasteiger partial charge in [0, 0.05) is 32.0 Å². The average Bonchev–Trinajstić information content (AvgIpc) is 2.74. The zero-order chi connectivity index (χ0) is 22.9. The number of hydrogen-bond acceptors (Lipinski definition) is 6. The fourth-order valence-electron chi connectivity index (χ4n) is 3.12. The van der Waals surface area contributed by atoms with Gasteiger partial charge in [-0.3, -0.25) is 9.59 Å². The number of nitrogens with one attached hydrogen (secondary N) is 4. The van der Waals surface area contributed by atoms with Crippen LogP contribution in [0.3, 0.4) is 0 Å². The highest BCUT2D eigenvalue weighted by Gasteiger charge is 2.20. The molecule has 8 heteroatoms. The molecule has 0 unspecified atom stereocenters. The van der Waals surface area contributed by atoms with Crippen molar-refractivity contribution in [2.75, 3.05) is 32.7 Å². The normalized spacial score (nSPS) is 12.9. The van der Waals surface area contributed by atoms with Gasteiger partial charge in [0.15, 0.2) is 0 Å². The fraction of sp³-hybridized carbons (Fsp3) is 0.652. The number of amides is 2. The molecule has 0 aliphatic rings. The first-order chi connectivity index (χ1) is 15.0. The van der Waals surface area contributed by atoms with Gasteiger partial charge in [0.05, 0.1) is 0 Å². The van der Waals surface area contributed by atoms with Crippen LogP contribution in [0, 0.1) is 0 Å². The lowest BCUT2D eigenvalue weighted by molar-refractivity contribution is -0.129. The SMILES string of the molecule is CCCC(=O)N[C@@H](Cc1ccc(O)cc1)C(=O)NCCCCN[C@@H](C)CNCCCN. The molecule has 0 spiro atoms. The molecule has 0 aliphatic heterocycles. The van der Waals surface area contributed by atoms with Crippen LogP contribution in [-0.2, 0) is 16.0 Å². The molecule has 0 heterocycles. The molecule has 1 aromatic carbocycles. The minimum Gasteiger partial charge on any atom is -0.508 e. The van der Waals surface area contributed by atoms with Gasteiger partial charge in [-0.2, -0.15) is 0 Å². The third-order valence-corrected chi connectivity index (χ3v) is 4.91. The number of carbonyl (C=O) groups excluding carboxylic acids is 2. The van der Waals surface area contributed by atoms with Gasteiger partial charge < -0.3 is 32.1 Å². The van der Waals surface area contributed by atoms with E-state index in [-0.39, 0.29) is 17.6 Å². The number of rotatable bonds is 17. The van der Waals surface area contributed by atoms with Crippen molar-refractivity contribution in [3.05, 3.63) is 29.8 Å². The van der Waals surface area contributed by atoms with Crippen molar-refractivity contribution < 1.29 is 14.7 Å². The van der Waals surface area contributed by atoms with E-state index in [0.29, 0.717) is 32.0 Å². The van der Waals surface area contributed by atoms with Gasteiger partial charge in [0.25, 0.3) is 0 Å². The molecule has 0 saturated heterocycles. The first-order valence-electron chi connectivity index (χ1n) is 11.4. The summed E-state index contributed by atoms with van der Waals surface area (Å²) in [5.74, 6) is -0.128. The third-order valence-electron chi connectivity index (χ3n) is 4.91. The molecule has 0 bridgehead atoms. The molecule has 0 radical (unpaired) electrons. The Hall–Kier alpha value is -2.16. The Morgan fingerprint density at radius 3 is 2.45 bits per heavy atom. The second-order valence-corrected chi connectivity index (χ2v) is 7.94. The van der Waals surface area contributed by atoms with Crippen molar-refractivity contribution in [3.8, 4) is 5.75 Å². The first-order valence-corrected chi connectivity index (χ1v) is 11.4. The van der Waals surface area contributed by atoms with E-state index in [0.717, 1.165) is 50.9 Å². The van der Waals surface area contributed by atoms with Crippen molar-refractivity contribution in [1.29, 1.82) is 0 Å². The van der Waals surface area contributed by atoms with Crippen molar-refractivity contribution in [2.24, 2.45) is 5.73 Å². The van der Waals surface area contributed by atoms with Crippen molar-refractivity contribution in [2.45, 2.75) is 64.5 Å². The van der Waals surface area contributed by atoms with Crippen LogP contribution < -0.4 is 27.0 Å². The first kappa shape index (κ1) is 26.9. The Morgan fingerprint density at radius 1 is 1.06 bits per heavy atom. The summed E-state index contributed by atoms with van der Waals surface area (Å²) < 4.78 is 0. The van der Waals surface area contributed by atoms with Crippen LogP contribution in [0.2, 0.25) is 0 Å². The summed E-state index contributed by atoms with van der Waals surface area (Å²) >= 11 is 0. The summed E-state index contributed by atoms with van der Waals surface area (Å²) in [7, 11) is 0. The maximum atomic E-state index is 12.7. The summed E-state index contributed by atoms with van der Waals surface area (Å²) in [4.78, 5) is 24.7. The van der Waals surface area contributed by atoms with Crippen LogP contribution in [0.5, 0.6) is 5.75 Å². The highest BCUT2D eigenvalue weighted by Crippen LogP contribution is 2.11. The predicted molar refractivity (Wildman–Crippen MR) is 125 cm³/mol. The molecule has 176 valence electrons. The molecule has 0 saturated carbocycles. The second kappa shape index (κ2) is 16.5. The molecule has 1 rings (SSSR count). The molecule has 1 aromatic rings. The minimum atomic E-state index is -0.624. The van der Waals surface area contributed by atoms with Crippen LogP contribution in [0.1, 0.15) is 51.5 Å².